The normalized spacial score (nSPS) is 18.0. The molecule has 0 aromatic heterocycles. The van der Waals surface area contributed by atoms with Crippen LogP contribution in [0, 0.1) is 5.41 Å². The van der Waals surface area contributed by atoms with Crippen LogP contribution in [0.1, 0.15) is 39.5 Å². The van der Waals surface area contributed by atoms with Crippen molar-refractivity contribution >= 4 is 0 Å². The monoisotopic (exact) mass is 286 g/mol. The van der Waals surface area contributed by atoms with Crippen molar-refractivity contribution in [1.82, 2.24) is 10.2 Å². The summed E-state index contributed by atoms with van der Waals surface area (Å²) in [5.74, 6) is 0. The summed E-state index contributed by atoms with van der Waals surface area (Å²) in [5, 5.41) is 3.40. The van der Waals surface area contributed by atoms with E-state index >= 15 is 0 Å². The van der Waals surface area contributed by atoms with E-state index in [-0.39, 0.29) is 0 Å². The van der Waals surface area contributed by atoms with Gasteiger partial charge in [-0.2, -0.15) is 0 Å². The predicted octanol–water partition coefficient (Wildman–Crippen LogP) is 2.14. The molecule has 0 aromatic carbocycles. The van der Waals surface area contributed by atoms with Crippen molar-refractivity contribution in [3.05, 3.63) is 0 Å². The van der Waals surface area contributed by atoms with Gasteiger partial charge < -0.3 is 14.8 Å². The van der Waals surface area contributed by atoms with E-state index in [2.05, 4.69) is 31.1 Å². The minimum Gasteiger partial charge on any atom is -0.380 e. The first-order valence-corrected chi connectivity index (χ1v) is 8.29. The Kier molecular flexibility index (Phi) is 9.44. The van der Waals surface area contributed by atoms with E-state index in [1.54, 1.807) is 0 Å². The maximum Gasteiger partial charge on any atom is 0.0593 e. The molecule has 0 aromatic rings. The highest BCUT2D eigenvalue weighted by atomic mass is 16.5. The van der Waals surface area contributed by atoms with Crippen molar-refractivity contribution in [3.8, 4) is 0 Å². The molecule has 0 unspecified atom stereocenters. The Bertz CT molecular complexity index is 221. The largest absolute Gasteiger partial charge is 0.380 e. The molecular formula is C16H34N2O2. The lowest BCUT2D eigenvalue weighted by molar-refractivity contribution is 0.0594. The van der Waals surface area contributed by atoms with E-state index in [0.29, 0.717) is 5.41 Å². The summed E-state index contributed by atoms with van der Waals surface area (Å²) in [6.45, 7) is 11.7. The van der Waals surface area contributed by atoms with Crippen LogP contribution in [0.5, 0.6) is 0 Å². The second-order valence-electron chi connectivity index (χ2n) is 5.91. The van der Waals surface area contributed by atoms with Crippen LogP contribution < -0.4 is 5.32 Å². The van der Waals surface area contributed by atoms with Gasteiger partial charge in [-0.05, 0) is 39.2 Å². The van der Waals surface area contributed by atoms with Crippen LogP contribution in [0.2, 0.25) is 0 Å². The van der Waals surface area contributed by atoms with Gasteiger partial charge in [0.05, 0.1) is 13.2 Å². The molecule has 1 aliphatic rings. The van der Waals surface area contributed by atoms with E-state index in [1.807, 2.05) is 0 Å². The fourth-order valence-corrected chi connectivity index (χ4v) is 3.31. The van der Waals surface area contributed by atoms with Crippen LogP contribution in [-0.4, -0.2) is 64.6 Å². The summed E-state index contributed by atoms with van der Waals surface area (Å²) in [6, 6.07) is 0. The van der Waals surface area contributed by atoms with E-state index < -0.39 is 0 Å². The fourth-order valence-electron chi connectivity index (χ4n) is 3.31. The molecule has 1 fully saturated rings. The molecular weight excluding hydrogens is 252 g/mol. The third-order valence-corrected chi connectivity index (χ3v) is 4.29. The number of nitrogens with zero attached hydrogens (tertiary/aromatic N) is 1. The minimum absolute atomic E-state index is 0.465. The van der Waals surface area contributed by atoms with Crippen molar-refractivity contribution in [2.24, 2.45) is 5.41 Å². The summed E-state index contributed by atoms with van der Waals surface area (Å²) < 4.78 is 11.1. The molecule has 0 radical (unpaired) electrons. The Hall–Kier alpha value is -0.160. The van der Waals surface area contributed by atoms with Gasteiger partial charge in [-0.15, -0.1) is 0 Å². The van der Waals surface area contributed by atoms with Crippen molar-refractivity contribution in [2.45, 2.75) is 39.5 Å². The zero-order chi connectivity index (χ0) is 14.7. The Balaban J connectivity index is 2.46. The number of nitrogens with one attached hydrogen (secondary N) is 1. The summed E-state index contributed by atoms with van der Waals surface area (Å²) >= 11 is 0. The number of ether oxygens (including phenoxy) is 2. The first-order valence-electron chi connectivity index (χ1n) is 8.29. The van der Waals surface area contributed by atoms with Crippen LogP contribution in [-0.2, 0) is 9.47 Å². The summed E-state index contributed by atoms with van der Waals surface area (Å²) in [7, 11) is 2.07. The van der Waals surface area contributed by atoms with Crippen molar-refractivity contribution < 1.29 is 9.47 Å². The van der Waals surface area contributed by atoms with Gasteiger partial charge in [0.15, 0.2) is 0 Å². The summed E-state index contributed by atoms with van der Waals surface area (Å²) in [5.41, 5.74) is 0.465. The molecule has 0 atom stereocenters. The molecule has 0 aliphatic heterocycles. The fraction of sp³-hybridized carbons (Fsp3) is 1.00. The summed E-state index contributed by atoms with van der Waals surface area (Å²) in [4.78, 5) is 2.54. The zero-order valence-electron chi connectivity index (χ0n) is 13.7. The smallest absolute Gasteiger partial charge is 0.0593 e. The molecule has 4 heteroatoms. The Labute approximate surface area is 125 Å². The van der Waals surface area contributed by atoms with Crippen LogP contribution in [0.15, 0.2) is 0 Å². The molecule has 0 spiro atoms. The highest BCUT2D eigenvalue weighted by molar-refractivity contribution is 4.89. The SMILES string of the molecule is CCOCCN(CCOCC)CC1(CNC)CCCC1. The van der Waals surface area contributed by atoms with Gasteiger partial charge in [0.1, 0.15) is 0 Å². The van der Waals surface area contributed by atoms with Gasteiger partial charge in [-0.25, -0.2) is 0 Å². The first kappa shape index (κ1) is 17.9. The van der Waals surface area contributed by atoms with Crippen LogP contribution in [0.3, 0.4) is 0 Å². The second kappa shape index (κ2) is 10.6. The Morgan fingerprint density at radius 1 is 1.00 bits per heavy atom. The van der Waals surface area contributed by atoms with Crippen molar-refractivity contribution in [2.75, 3.05) is 59.7 Å². The van der Waals surface area contributed by atoms with Gasteiger partial charge >= 0.3 is 0 Å². The highest BCUT2D eigenvalue weighted by Crippen LogP contribution is 2.38. The van der Waals surface area contributed by atoms with Crippen LogP contribution in [0.25, 0.3) is 0 Å². The molecule has 0 heterocycles. The third kappa shape index (κ3) is 6.53. The van der Waals surface area contributed by atoms with Gasteiger partial charge in [-0.1, -0.05) is 12.8 Å². The van der Waals surface area contributed by atoms with Gasteiger partial charge in [0, 0.05) is 39.4 Å². The predicted molar refractivity (Wildman–Crippen MR) is 84.3 cm³/mol. The lowest BCUT2D eigenvalue weighted by atomic mass is 9.85. The quantitative estimate of drug-likeness (QED) is 0.557. The van der Waals surface area contributed by atoms with Crippen LogP contribution >= 0.6 is 0 Å². The molecule has 1 aliphatic carbocycles. The molecule has 4 nitrogen and oxygen atoms in total. The van der Waals surface area contributed by atoms with Gasteiger partial charge in [-0.3, -0.25) is 4.90 Å². The standard InChI is InChI=1S/C16H34N2O2/c1-4-19-12-10-18(11-13-20-5-2)15-16(14-17-3)8-6-7-9-16/h17H,4-15H2,1-3H3. The summed E-state index contributed by atoms with van der Waals surface area (Å²) in [6.07, 6.45) is 5.47. The van der Waals surface area contributed by atoms with E-state index in [9.17, 15) is 0 Å². The van der Waals surface area contributed by atoms with Gasteiger partial charge in [0.25, 0.3) is 0 Å². The molecule has 1 saturated carbocycles. The van der Waals surface area contributed by atoms with Crippen molar-refractivity contribution in [1.29, 1.82) is 0 Å². The molecule has 0 bridgehead atoms. The lowest BCUT2D eigenvalue weighted by Crippen LogP contribution is -2.44. The Morgan fingerprint density at radius 3 is 2.00 bits per heavy atom. The van der Waals surface area contributed by atoms with Crippen molar-refractivity contribution in [3.63, 3.8) is 0 Å². The van der Waals surface area contributed by atoms with E-state index in [4.69, 9.17) is 9.47 Å². The molecule has 20 heavy (non-hydrogen) atoms. The van der Waals surface area contributed by atoms with E-state index in [1.165, 1.54) is 32.2 Å². The minimum atomic E-state index is 0.465. The highest BCUT2D eigenvalue weighted by Gasteiger charge is 2.34. The molecule has 0 amide bonds. The first-order chi connectivity index (χ1) is 9.76. The number of rotatable bonds is 12. The maximum absolute atomic E-state index is 5.53. The zero-order valence-corrected chi connectivity index (χ0v) is 13.7. The number of hydrogen-bond donors (Lipinski definition) is 1. The topological polar surface area (TPSA) is 33.7 Å². The average molecular weight is 286 g/mol. The lowest BCUT2D eigenvalue weighted by Gasteiger charge is -2.35. The van der Waals surface area contributed by atoms with E-state index in [0.717, 1.165) is 46.1 Å². The molecule has 1 rings (SSSR count). The molecule has 120 valence electrons. The molecule has 0 saturated heterocycles. The number of hydrogen-bond acceptors (Lipinski definition) is 4. The second-order valence-corrected chi connectivity index (χ2v) is 5.91. The Morgan fingerprint density at radius 2 is 1.55 bits per heavy atom. The van der Waals surface area contributed by atoms with Crippen LogP contribution in [0.4, 0.5) is 0 Å². The maximum atomic E-state index is 5.53. The van der Waals surface area contributed by atoms with Gasteiger partial charge in [0.2, 0.25) is 0 Å². The average Bonchev–Trinajstić information content (AvgIpc) is 2.88. The molecule has 1 N–H and O–H groups in total. The third-order valence-electron chi connectivity index (χ3n) is 4.29.